The highest BCUT2D eigenvalue weighted by molar-refractivity contribution is 5.82. The predicted octanol–water partition coefficient (Wildman–Crippen LogP) is 6.97. The number of benzene rings is 4. The first-order chi connectivity index (χ1) is 19.5. The lowest BCUT2D eigenvalue weighted by atomic mass is 10.0. The van der Waals surface area contributed by atoms with Gasteiger partial charge in [0.25, 0.3) is 0 Å². The van der Waals surface area contributed by atoms with E-state index in [1.54, 1.807) is 0 Å². The Morgan fingerprint density at radius 1 is 0.775 bits per heavy atom. The molecule has 4 aromatic rings. The van der Waals surface area contributed by atoms with Crippen LogP contribution in [0.2, 0.25) is 0 Å². The number of rotatable bonds is 10. The molecule has 5 rings (SSSR count). The molecule has 0 radical (unpaired) electrons. The largest absolute Gasteiger partial charge is 0.445 e. The van der Waals surface area contributed by atoms with Crippen LogP contribution in [0.4, 0.5) is 4.79 Å². The van der Waals surface area contributed by atoms with Gasteiger partial charge in [-0.3, -0.25) is 0 Å². The molecule has 1 aliphatic carbocycles. The van der Waals surface area contributed by atoms with Crippen LogP contribution in [-0.4, -0.2) is 18.1 Å². The van der Waals surface area contributed by atoms with Crippen LogP contribution < -0.4 is 5.32 Å². The van der Waals surface area contributed by atoms with Crippen molar-refractivity contribution in [1.29, 1.82) is 0 Å². The molecule has 2 atom stereocenters. The third-order valence-electron chi connectivity index (χ3n) is 7.04. The van der Waals surface area contributed by atoms with Crippen molar-refractivity contribution in [2.75, 3.05) is 0 Å². The molecule has 6 heteroatoms. The summed E-state index contributed by atoms with van der Waals surface area (Å²) in [6, 6.07) is 32.4. The molecule has 0 aliphatic heterocycles. The third-order valence-corrected chi connectivity index (χ3v) is 7.04. The lowest BCUT2D eigenvalue weighted by Crippen LogP contribution is -2.46. The first-order valence-electron chi connectivity index (χ1n) is 13.5. The highest BCUT2D eigenvalue weighted by Crippen LogP contribution is 2.38. The van der Waals surface area contributed by atoms with E-state index >= 15 is 0 Å². The molecule has 0 fully saturated rings. The van der Waals surface area contributed by atoms with Gasteiger partial charge in [0, 0.05) is 5.56 Å². The molecule has 0 aromatic heterocycles. The molecule has 204 valence electrons. The zero-order chi connectivity index (χ0) is 27.9. The van der Waals surface area contributed by atoms with Gasteiger partial charge in [-0.1, -0.05) is 117 Å². The van der Waals surface area contributed by atoms with Crippen LogP contribution in [0.15, 0.2) is 103 Å². The van der Waals surface area contributed by atoms with Gasteiger partial charge in [0.1, 0.15) is 12.6 Å². The molecule has 0 heterocycles. The average Bonchev–Trinajstić information content (AvgIpc) is 3.37. The van der Waals surface area contributed by atoms with E-state index in [1.807, 2.05) is 98.8 Å². The van der Waals surface area contributed by atoms with Crippen molar-refractivity contribution in [3.05, 3.63) is 131 Å². The van der Waals surface area contributed by atoms with Crippen LogP contribution in [-0.2, 0) is 38.6 Å². The van der Waals surface area contributed by atoms with E-state index in [-0.39, 0.29) is 19.1 Å². The Hall–Kier alpha value is -4.42. The summed E-state index contributed by atoms with van der Waals surface area (Å²) in [6.45, 7) is 4.06. The summed E-state index contributed by atoms with van der Waals surface area (Å²) < 4.78 is 17.4. The molecule has 1 amide bonds. The maximum Gasteiger partial charge on any atom is 0.408 e. The van der Waals surface area contributed by atoms with E-state index in [0.717, 1.165) is 23.1 Å². The third kappa shape index (κ3) is 6.41. The van der Waals surface area contributed by atoms with Gasteiger partial charge < -0.3 is 19.5 Å². The molecule has 40 heavy (non-hydrogen) atoms. The normalized spacial score (nSPS) is 13.2. The standard InChI is InChI=1S/C34H33NO5/c1-23(2)31(32(36)40-33(25-14-7-4-8-15-25)38-21-24-12-5-3-6-13-24)35-34(37)39-22-27-17-11-19-29-28-18-10-9-16-26(28)20-30(27)29/h3-19,23,31,33H,20-22H2,1-2H3,(H,35,37)/t31-,33?/m0/s1. The Labute approximate surface area is 234 Å². The molecule has 0 saturated heterocycles. The first-order valence-corrected chi connectivity index (χ1v) is 13.5. The fourth-order valence-electron chi connectivity index (χ4n) is 4.90. The molecule has 0 bridgehead atoms. The highest BCUT2D eigenvalue weighted by Gasteiger charge is 2.30. The van der Waals surface area contributed by atoms with Gasteiger partial charge >= 0.3 is 12.1 Å². The van der Waals surface area contributed by atoms with Crippen molar-refractivity contribution in [2.45, 2.75) is 45.8 Å². The van der Waals surface area contributed by atoms with Crippen LogP contribution in [0.5, 0.6) is 0 Å². The predicted molar refractivity (Wildman–Crippen MR) is 153 cm³/mol. The number of fused-ring (bicyclic) bond motifs is 3. The lowest BCUT2D eigenvalue weighted by Gasteiger charge is -2.25. The maximum atomic E-state index is 13.3. The Morgan fingerprint density at radius 3 is 2.20 bits per heavy atom. The summed E-state index contributed by atoms with van der Waals surface area (Å²) in [5, 5.41) is 2.71. The molecular formula is C34H33NO5. The fraction of sp³-hybridized carbons (Fsp3) is 0.235. The number of carbonyl (C=O) groups is 2. The van der Waals surface area contributed by atoms with Crippen molar-refractivity contribution in [3.8, 4) is 11.1 Å². The van der Waals surface area contributed by atoms with Crippen molar-refractivity contribution in [2.24, 2.45) is 5.92 Å². The summed E-state index contributed by atoms with van der Waals surface area (Å²) in [7, 11) is 0. The van der Waals surface area contributed by atoms with Gasteiger partial charge in [0.2, 0.25) is 6.29 Å². The van der Waals surface area contributed by atoms with Crippen LogP contribution in [0, 0.1) is 5.92 Å². The fourth-order valence-corrected chi connectivity index (χ4v) is 4.90. The van der Waals surface area contributed by atoms with Crippen molar-refractivity contribution >= 4 is 12.1 Å². The minimum atomic E-state index is -0.929. The zero-order valence-corrected chi connectivity index (χ0v) is 22.7. The van der Waals surface area contributed by atoms with Gasteiger partial charge in [-0.25, -0.2) is 9.59 Å². The number of carbonyl (C=O) groups excluding carboxylic acids is 2. The number of nitrogens with one attached hydrogen (secondary N) is 1. The van der Waals surface area contributed by atoms with Crippen molar-refractivity contribution < 1.29 is 23.8 Å². The number of hydrogen-bond acceptors (Lipinski definition) is 5. The van der Waals surface area contributed by atoms with Gasteiger partial charge in [0.05, 0.1) is 6.61 Å². The van der Waals surface area contributed by atoms with Gasteiger partial charge in [-0.15, -0.1) is 0 Å². The summed E-state index contributed by atoms with van der Waals surface area (Å²) in [5.74, 6) is -0.828. The van der Waals surface area contributed by atoms with E-state index in [0.29, 0.717) is 5.56 Å². The smallest absolute Gasteiger partial charge is 0.408 e. The molecular weight excluding hydrogens is 502 g/mol. The number of esters is 1. The second kappa shape index (κ2) is 12.6. The van der Waals surface area contributed by atoms with E-state index < -0.39 is 24.4 Å². The summed E-state index contributed by atoms with van der Waals surface area (Å²) in [4.78, 5) is 26.1. The summed E-state index contributed by atoms with van der Waals surface area (Å²) in [6.07, 6.45) is -0.802. The van der Waals surface area contributed by atoms with E-state index in [9.17, 15) is 9.59 Å². The average molecular weight is 536 g/mol. The maximum absolute atomic E-state index is 13.3. The van der Waals surface area contributed by atoms with E-state index in [1.165, 1.54) is 16.7 Å². The van der Waals surface area contributed by atoms with Crippen LogP contribution >= 0.6 is 0 Å². The van der Waals surface area contributed by atoms with Crippen molar-refractivity contribution in [1.82, 2.24) is 5.32 Å². The molecule has 1 unspecified atom stereocenters. The Balaban J connectivity index is 1.22. The SMILES string of the molecule is CC(C)[C@H](NC(=O)OCc1cccc2c1Cc1ccccc1-2)C(=O)OC(OCc1ccccc1)c1ccccc1. The topological polar surface area (TPSA) is 73.9 Å². The Bertz CT molecular complexity index is 1450. The highest BCUT2D eigenvalue weighted by atomic mass is 16.7. The molecule has 4 aromatic carbocycles. The summed E-state index contributed by atoms with van der Waals surface area (Å²) >= 11 is 0. The molecule has 1 N–H and O–H groups in total. The monoisotopic (exact) mass is 535 g/mol. The van der Waals surface area contributed by atoms with Crippen molar-refractivity contribution in [3.63, 3.8) is 0 Å². The van der Waals surface area contributed by atoms with Gasteiger partial charge in [0.15, 0.2) is 0 Å². The van der Waals surface area contributed by atoms with E-state index in [2.05, 4.69) is 23.5 Å². The number of ether oxygens (including phenoxy) is 3. The minimum absolute atomic E-state index is 0.107. The Kier molecular flexibility index (Phi) is 8.57. The van der Waals surface area contributed by atoms with Crippen LogP contribution in [0.25, 0.3) is 11.1 Å². The minimum Gasteiger partial charge on any atom is -0.445 e. The van der Waals surface area contributed by atoms with Gasteiger partial charge in [-0.05, 0) is 45.7 Å². The van der Waals surface area contributed by atoms with E-state index in [4.69, 9.17) is 14.2 Å². The van der Waals surface area contributed by atoms with Crippen LogP contribution in [0.1, 0.15) is 48.0 Å². The molecule has 6 nitrogen and oxygen atoms in total. The summed E-state index contributed by atoms with van der Waals surface area (Å²) in [5.41, 5.74) is 7.42. The Morgan fingerprint density at radius 2 is 1.45 bits per heavy atom. The lowest BCUT2D eigenvalue weighted by molar-refractivity contribution is -0.187. The first kappa shape index (κ1) is 27.2. The number of hydrogen-bond donors (Lipinski definition) is 1. The number of amides is 1. The van der Waals surface area contributed by atoms with Gasteiger partial charge in [-0.2, -0.15) is 0 Å². The second-order valence-electron chi connectivity index (χ2n) is 10.2. The second-order valence-corrected chi connectivity index (χ2v) is 10.2. The molecule has 1 aliphatic rings. The van der Waals surface area contributed by atoms with Crippen LogP contribution in [0.3, 0.4) is 0 Å². The molecule has 0 saturated carbocycles. The number of alkyl carbamates (subject to hydrolysis) is 1. The zero-order valence-electron chi connectivity index (χ0n) is 22.7. The molecule has 0 spiro atoms. The quantitative estimate of drug-likeness (QED) is 0.154.